The first kappa shape index (κ1) is 18.6. The van der Waals surface area contributed by atoms with Crippen LogP contribution in [0.15, 0.2) is 11.6 Å². The summed E-state index contributed by atoms with van der Waals surface area (Å²) in [5.74, 6) is 1.90. The number of epoxide rings is 1. The lowest BCUT2D eigenvalue weighted by Crippen LogP contribution is -2.61. The highest BCUT2D eigenvalue weighted by Crippen LogP contribution is 2.78. The van der Waals surface area contributed by atoms with Crippen LogP contribution in [0.5, 0.6) is 0 Å². The van der Waals surface area contributed by atoms with Crippen LogP contribution < -0.4 is 0 Å². The quantitative estimate of drug-likeness (QED) is 0.383. The van der Waals surface area contributed by atoms with Crippen molar-refractivity contribution in [3.63, 3.8) is 0 Å². The SMILES string of the molecule is CCC[C@@H]1C=C2CC(=O)CC[C@]2(C)[C@@]23O[C@@H]2C[C@@]2(C)C(CC[C@@]24CCC(=O)O4)C13. The summed E-state index contributed by atoms with van der Waals surface area (Å²) in [6.45, 7) is 7.07. The van der Waals surface area contributed by atoms with Gasteiger partial charge in [-0.15, -0.1) is 0 Å². The van der Waals surface area contributed by atoms with Crippen molar-refractivity contribution >= 4 is 11.8 Å². The van der Waals surface area contributed by atoms with Crippen LogP contribution in [0, 0.1) is 28.6 Å². The van der Waals surface area contributed by atoms with Crippen LogP contribution in [0.2, 0.25) is 0 Å². The maximum absolute atomic E-state index is 12.3. The third-order valence-electron chi connectivity index (χ3n) is 10.4. The van der Waals surface area contributed by atoms with Gasteiger partial charge in [-0.2, -0.15) is 0 Å². The minimum atomic E-state index is -0.267. The number of ketones is 1. The van der Waals surface area contributed by atoms with E-state index in [1.165, 1.54) is 5.57 Å². The summed E-state index contributed by atoms with van der Waals surface area (Å²) < 4.78 is 12.9. The van der Waals surface area contributed by atoms with Crippen LogP contribution in [0.25, 0.3) is 0 Å². The zero-order valence-electron chi connectivity index (χ0n) is 18.1. The normalized spacial score (nSPS) is 54.9. The topological polar surface area (TPSA) is 55.9 Å². The highest BCUT2D eigenvalue weighted by atomic mass is 16.6. The van der Waals surface area contributed by atoms with Gasteiger partial charge < -0.3 is 9.47 Å². The lowest BCUT2D eigenvalue weighted by atomic mass is 9.44. The van der Waals surface area contributed by atoms with Gasteiger partial charge in [0.1, 0.15) is 17.0 Å². The molecular formula is C25H34O4. The minimum Gasteiger partial charge on any atom is -0.458 e. The number of carbonyl (C=O) groups is 2. The van der Waals surface area contributed by atoms with E-state index in [2.05, 4.69) is 26.8 Å². The fourth-order valence-electron chi connectivity index (χ4n) is 8.98. The van der Waals surface area contributed by atoms with Crippen LogP contribution in [0.4, 0.5) is 0 Å². The molecule has 2 aliphatic heterocycles. The Morgan fingerprint density at radius 1 is 1.14 bits per heavy atom. The second-order valence-corrected chi connectivity index (χ2v) is 11.4. The third kappa shape index (κ3) is 2.01. The van der Waals surface area contributed by atoms with Crippen LogP contribution in [0.3, 0.4) is 0 Å². The van der Waals surface area contributed by atoms with Gasteiger partial charge in [0, 0.05) is 36.0 Å². The molecule has 0 amide bonds. The predicted molar refractivity (Wildman–Crippen MR) is 108 cm³/mol. The van der Waals surface area contributed by atoms with Crippen molar-refractivity contribution in [1.29, 1.82) is 0 Å². The van der Waals surface area contributed by atoms with E-state index in [0.29, 0.717) is 42.8 Å². The highest BCUT2D eigenvalue weighted by molar-refractivity contribution is 5.83. The standard InChI is InChI=1S/C25H34O4/c1-4-5-15-12-16-13-17(26)6-9-22(16,2)25-19(28-25)14-23(3)18(21(15)25)7-10-24(23)11-8-20(27)29-24/h12,15,18-19,21H,4-11,13-14H2,1-3H3/t15-,18?,19-,21?,22+,23+,24-,25-/m1/s1. The van der Waals surface area contributed by atoms with Crippen molar-refractivity contribution in [3.05, 3.63) is 11.6 Å². The maximum atomic E-state index is 12.3. The van der Waals surface area contributed by atoms with Gasteiger partial charge in [0.15, 0.2) is 0 Å². The summed E-state index contributed by atoms with van der Waals surface area (Å²) in [5.41, 5.74) is 1.04. The Hall–Kier alpha value is -1.16. The smallest absolute Gasteiger partial charge is 0.306 e. The molecule has 4 heteroatoms. The Morgan fingerprint density at radius 2 is 1.97 bits per heavy atom. The Labute approximate surface area is 173 Å². The Kier molecular flexibility index (Phi) is 3.56. The summed E-state index contributed by atoms with van der Waals surface area (Å²) in [6.07, 6.45) is 12.0. The molecule has 29 heavy (non-hydrogen) atoms. The van der Waals surface area contributed by atoms with Gasteiger partial charge in [0.05, 0.1) is 6.10 Å². The number of fused-ring (bicyclic) bond motifs is 4. The number of rotatable bonds is 2. The number of Topliss-reactive ketones (excluding diaryl/α,β-unsaturated/α-hetero) is 1. The second kappa shape index (κ2) is 5.55. The average Bonchev–Trinajstić information content (AvgIpc) is 3.16. The molecular weight excluding hydrogens is 364 g/mol. The molecule has 0 radical (unpaired) electrons. The van der Waals surface area contributed by atoms with E-state index in [-0.39, 0.29) is 34.1 Å². The van der Waals surface area contributed by atoms with Crippen LogP contribution in [-0.4, -0.2) is 29.1 Å². The van der Waals surface area contributed by atoms with Gasteiger partial charge in [-0.1, -0.05) is 38.8 Å². The van der Waals surface area contributed by atoms with E-state index in [1.54, 1.807) is 0 Å². The molecule has 6 rings (SSSR count). The molecule has 2 spiro atoms. The molecule has 8 atom stereocenters. The van der Waals surface area contributed by atoms with Gasteiger partial charge in [-0.3, -0.25) is 9.59 Å². The number of allylic oxidation sites excluding steroid dienone is 1. The molecule has 0 aromatic carbocycles. The maximum Gasteiger partial charge on any atom is 0.306 e. The lowest BCUT2D eigenvalue weighted by Gasteiger charge is -2.58. The molecule has 3 saturated carbocycles. The molecule has 2 unspecified atom stereocenters. The number of carbonyl (C=O) groups excluding carboxylic acids is 2. The zero-order chi connectivity index (χ0) is 20.2. The number of esters is 1. The predicted octanol–water partition coefficient (Wildman–Crippen LogP) is 4.75. The molecule has 5 fully saturated rings. The zero-order valence-corrected chi connectivity index (χ0v) is 18.1. The molecule has 2 heterocycles. The summed E-state index contributed by atoms with van der Waals surface area (Å²) in [4.78, 5) is 24.4. The fourth-order valence-corrected chi connectivity index (χ4v) is 8.98. The van der Waals surface area contributed by atoms with Crippen LogP contribution in [0.1, 0.15) is 85.0 Å². The van der Waals surface area contributed by atoms with Crippen molar-refractivity contribution in [2.24, 2.45) is 28.6 Å². The minimum absolute atomic E-state index is 0.00389. The van der Waals surface area contributed by atoms with E-state index in [4.69, 9.17) is 9.47 Å². The monoisotopic (exact) mass is 398 g/mol. The number of hydrogen-bond donors (Lipinski definition) is 0. The fraction of sp³-hybridized carbons (Fsp3) is 0.840. The number of hydrogen-bond acceptors (Lipinski definition) is 4. The van der Waals surface area contributed by atoms with E-state index in [9.17, 15) is 9.59 Å². The molecule has 0 N–H and O–H groups in total. The van der Waals surface area contributed by atoms with Gasteiger partial charge >= 0.3 is 5.97 Å². The van der Waals surface area contributed by atoms with E-state index in [1.807, 2.05) is 0 Å². The van der Waals surface area contributed by atoms with E-state index in [0.717, 1.165) is 44.9 Å². The first-order chi connectivity index (χ1) is 13.8. The van der Waals surface area contributed by atoms with E-state index < -0.39 is 0 Å². The van der Waals surface area contributed by atoms with Crippen molar-refractivity contribution in [1.82, 2.24) is 0 Å². The van der Waals surface area contributed by atoms with Gasteiger partial charge in [0.25, 0.3) is 0 Å². The molecule has 0 bridgehead atoms. The first-order valence-electron chi connectivity index (χ1n) is 11.9. The van der Waals surface area contributed by atoms with E-state index >= 15 is 0 Å². The van der Waals surface area contributed by atoms with Crippen molar-refractivity contribution in [2.75, 3.05) is 0 Å². The largest absolute Gasteiger partial charge is 0.458 e. The number of ether oxygens (including phenoxy) is 2. The molecule has 158 valence electrons. The second-order valence-electron chi connectivity index (χ2n) is 11.4. The van der Waals surface area contributed by atoms with Crippen molar-refractivity contribution < 1.29 is 19.1 Å². The molecule has 6 aliphatic rings. The first-order valence-corrected chi connectivity index (χ1v) is 11.9. The van der Waals surface area contributed by atoms with Crippen molar-refractivity contribution in [2.45, 2.75) is 102 Å². The lowest BCUT2D eigenvalue weighted by molar-refractivity contribution is -0.165. The highest BCUT2D eigenvalue weighted by Gasteiger charge is 2.82. The molecule has 2 saturated heterocycles. The Morgan fingerprint density at radius 3 is 2.69 bits per heavy atom. The molecule has 0 aromatic heterocycles. The van der Waals surface area contributed by atoms with Crippen LogP contribution >= 0.6 is 0 Å². The molecule has 0 aromatic rings. The molecule has 4 nitrogen and oxygen atoms in total. The molecule has 4 aliphatic carbocycles. The summed E-state index contributed by atoms with van der Waals surface area (Å²) >= 11 is 0. The summed E-state index contributed by atoms with van der Waals surface area (Å²) in [7, 11) is 0. The Bertz CT molecular complexity index is 831. The van der Waals surface area contributed by atoms with Gasteiger partial charge in [-0.25, -0.2) is 0 Å². The average molecular weight is 399 g/mol. The summed E-state index contributed by atoms with van der Waals surface area (Å²) in [5, 5.41) is 0. The van der Waals surface area contributed by atoms with Crippen molar-refractivity contribution in [3.8, 4) is 0 Å². The van der Waals surface area contributed by atoms with Gasteiger partial charge in [0.2, 0.25) is 0 Å². The van der Waals surface area contributed by atoms with Crippen LogP contribution in [-0.2, 0) is 19.1 Å². The van der Waals surface area contributed by atoms with Gasteiger partial charge in [-0.05, 0) is 50.4 Å². The third-order valence-corrected chi connectivity index (χ3v) is 10.4. The summed E-state index contributed by atoms with van der Waals surface area (Å²) in [6, 6.07) is 0. The Balaban J connectivity index is 1.47.